The summed E-state index contributed by atoms with van der Waals surface area (Å²) >= 11 is 7.22. The Morgan fingerprint density at radius 1 is 1.05 bits per heavy atom. The third-order valence-electron chi connectivity index (χ3n) is 2.98. The molecule has 0 radical (unpaired) electrons. The predicted molar refractivity (Wildman–Crippen MR) is 83.8 cm³/mol. The van der Waals surface area contributed by atoms with Gasteiger partial charge in [-0.15, -0.1) is 11.6 Å². The van der Waals surface area contributed by atoms with Gasteiger partial charge in [0.2, 0.25) is 0 Å². The van der Waals surface area contributed by atoms with E-state index in [-0.39, 0.29) is 0 Å². The highest BCUT2D eigenvalue weighted by Crippen LogP contribution is 2.30. The molecule has 0 aliphatic carbocycles. The first-order chi connectivity index (χ1) is 9.36. The zero-order chi connectivity index (χ0) is 13.1. The molecule has 2 nitrogen and oxygen atoms in total. The molecule has 0 bridgehead atoms. The minimum Gasteiger partial charge on any atom is -0.345 e. The molecule has 1 N–H and O–H groups in total. The molecular weight excluding hydrogens is 276 g/mol. The topological polar surface area (TPSA) is 24.9 Å². The number of fused-ring (bicyclic) bond motifs is 1. The molecule has 3 aromatic rings. The van der Waals surface area contributed by atoms with E-state index in [2.05, 4.69) is 40.0 Å². The van der Waals surface area contributed by atoms with Crippen LogP contribution in [0.1, 0.15) is 5.56 Å². The first-order valence-corrected chi connectivity index (χ1v) is 7.44. The second-order valence-corrected chi connectivity index (χ2v) is 5.44. The minimum absolute atomic E-state index is 0.659. The van der Waals surface area contributed by atoms with Crippen molar-refractivity contribution in [3.05, 3.63) is 54.1 Å². The second-order valence-electron chi connectivity index (χ2n) is 4.29. The quantitative estimate of drug-likeness (QED) is 0.696. The molecule has 0 saturated heterocycles. The van der Waals surface area contributed by atoms with Crippen molar-refractivity contribution in [2.45, 2.75) is 6.42 Å². The molecule has 0 atom stereocenters. The summed E-state index contributed by atoms with van der Waals surface area (Å²) in [6.07, 6.45) is 0.908. The molecule has 0 aliphatic heterocycles. The Morgan fingerprint density at radius 3 is 2.63 bits per heavy atom. The van der Waals surface area contributed by atoms with Crippen molar-refractivity contribution in [2.75, 3.05) is 11.2 Å². The van der Waals surface area contributed by atoms with Gasteiger partial charge in [-0.05, 0) is 47.8 Å². The van der Waals surface area contributed by atoms with Crippen molar-refractivity contribution in [3.63, 3.8) is 0 Å². The fourth-order valence-electron chi connectivity index (χ4n) is 1.97. The van der Waals surface area contributed by atoms with Gasteiger partial charge in [-0.25, -0.2) is 0 Å². The number of hydrogen-bond donors (Lipinski definition) is 1. The lowest BCUT2D eigenvalue weighted by Gasteiger charge is -2.05. The van der Waals surface area contributed by atoms with Gasteiger partial charge >= 0.3 is 0 Å². The highest BCUT2D eigenvalue weighted by Gasteiger charge is 2.05. The lowest BCUT2D eigenvalue weighted by atomic mass is 10.1. The van der Waals surface area contributed by atoms with E-state index in [0.717, 1.165) is 28.0 Å². The number of benzene rings is 2. The molecule has 96 valence electrons. The van der Waals surface area contributed by atoms with E-state index in [9.17, 15) is 0 Å². The number of halogens is 1. The summed E-state index contributed by atoms with van der Waals surface area (Å²) < 4.78 is 4.42. The minimum atomic E-state index is 0.659. The Hall–Kier alpha value is -1.58. The SMILES string of the molecule is ClCCc1ccc(Nc2snc3ccccc23)cc1. The van der Waals surface area contributed by atoms with Crippen LogP contribution in [0.15, 0.2) is 48.5 Å². The second kappa shape index (κ2) is 5.59. The molecule has 0 unspecified atom stereocenters. The zero-order valence-corrected chi connectivity index (χ0v) is 11.8. The summed E-state index contributed by atoms with van der Waals surface area (Å²) in [4.78, 5) is 0. The monoisotopic (exact) mass is 288 g/mol. The normalized spacial score (nSPS) is 10.8. The van der Waals surface area contributed by atoms with E-state index in [1.165, 1.54) is 17.1 Å². The highest BCUT2D eigenvalue weighted by molar-refractivity contribution is 7.11. The number of anilines is 2. The molecule has 3 rings (SSSR count). The molecule has 0 aliphatic rings. The van der Waals surface area contributed by atoms with Gasteiger partial charge in [0.25, 0.3) is 0 Å². The van der Waals surface area contributed by atoms with Gasteiger partial charge in [0.05, 0.1) is 5.52 Å². The molecule has 0 spiro atoms. The van der Waals surface area contributed by atoms with Gasteiger partial charge in [0.15, 0.2) is 0 Å². The number of aryl methyl sites for hydroxylation is 1. The van der Waals surface area contributed by atoms with Crippen LogP contribution in [0.5, 0.6) is 0 Å². The van der Waals surface area contributed by atoms with Gasteiger partial charge < -0.3 is 5.32 Å². The van der Waals surface area contributed by atoms with Crippen LogP contribution in [-0.2, 0) is 6.42 Å². The van der Waals surface area contributed by atoms with E-state index < -0.39 is 0 Å². The fraction of sp³-hybridized carbons (Fsp3) is 0.133. The maximum atomic E-state index is 5.73. The van der Waals surface area contributed by atoms with Crippen LogP contribution in [0.4, 0.5) is 10.7 Å². The summed E-state index contributed by atoms with van der Waals surface area (Å²) in [7, 11) is 0. The average Bonchev–Trinajstić information content (AvgIpc) is 2.85. The maximum absolute atomic E-state index is 5.73. The van der Waals surface area contributed by atoms with Crippen LogP contribution < -0.4 is 5.32 Å². The highest BCUT2D eigenvalue weighted by atomic mass is 35.5. The van der Waals surface area contributed by atoms with Crippen molar-refractivity contribution >= 4 is 44.7 Å². The van der Waals surface area contributed by atoms with Crippen LogP contribution in [0.2, 0.25) is 0 Å². The number of nitrogens with one attached hydrogen (secondary N) is 1. The lowest BCUT2D eigenvalue weighted by molar-refractivity contribution is 1.15. The third-order valence-corrected chi connectivity index (χ3v) is 3.96. The van der Waals surface area contributed by atoms with Crippen LogP contribution in [0.3, 0.4) is 0 Å². The summed E-state index contributed by atoms with van der Waals surface area (Å²) in [6, 6.07) is 16.5. The van der Waals surface area contributed by atoms with Gasteiger partial charge in [-0.2, -0.15) is 4.37 Å². The van der Waals surface area contributed by atoms with Gasteiger partial charge in [0.1, 0.15) is 5.00 Å². The Morgan fingerprint density at radius 2 is 1.84 bits per heavy atom. The number of rotatable bonds is 4. The molecule has 1 aromatic heterocycles. The molecular formula is C15H13ClN2S. The van der Waals surface area contributed by atoms with Crippen molar-refractivity contribution in [3.8, 4) is 0 Å². The molecule has 4 heteroatoms. The van der Waals surface area contributed by atoms with Gasteiger partial charge in [0, 0.05) is 17.0 Å². The van der Waals surface area contributed by atoms with Crippen molar-refractivity contribution in [2.24, 2.45) is 0 Å². The van der Waals surface area contributed by atoms with E-state index in [4.69, 9.17) is 11.6 Å². The standard InChI is InChI=1S/C15H13ClN2S/c16-10-9-11-5-7-12(8-6-11)17-15-13-3-1-2-4-14(13)18-19-15/h1-8,17H,9-10H2. The Labute approximate surface area is 121 Å². The Bertz CT molecular complexity index is 676. The van der Waals surface area contributed by atoms with Crippen LogP contribution in [0.25, 0.3) is 10.9 Å². The fourth-order valence-corrected chi connectivity index (χ4v) is 2.98. The first-order valence-electron chi connectivity index (χ1n) is 6.13. The van der Waals surface area contributed by atoms with E-state index in [1.54, 1.807) is 0 Å². The van der Waals surface area contributed by atoms with Gasteiger partial charge in [-0.1, -0.05) is 24.3 Å². The summed E-state index contributed by atoms with van der Waals surface area (Å²) in [5.74, 6) is 0.659. The number of hydrogen-bond acceptors (Lipinski definition) is 3. The summed E-state index contributed by atoms with van der Waals surface area (Å²) in [5.41, 5.74) is 3.37. The van der Waals surface area contributed by atoms with Crippen LogP contribution in [0, 0.1) is 0 Å². The van der Waals surface area contributed by atoms with Crippen LogP contribution >= 0.6 is 23.1 Å². The largest absolute Gasteiger partial charge is 0.345 e. The van der Waals surface area contributed by atoms with Crippen molar-refractivity contribution in [1.82, 2.24) is 4.37 Å². The molecule has 0 fully saturated rings. The van der Waals surface area contributed by atoms with E-state index >= 15 is 0 Å². The smallest absolute Gasteiger partial charge is 0.121 e. The Kier molecular flexibility index (Phi) is 3.67. The summed E-state index contributed by atoms with van der Waals surface area (Å²) in [5, 5.41) is 5.67. The molecule has 1 heterocycles. The Balaban J connectivity index is 1.84. The van der Waals surface area contributed by atoms with E-state index in [0.29, 0.717) is 5.88 Å². The van der Waals surface area contributed by atoms with E-state index in [1.807, 2.05) is 18.2 Å². The molecule has 0 amide bonds. The lowest BCUT2D eigenvalue weighted by Crippen LogP contribution is -1.90. The maximum Gasteiger partial charge on any atom is 0.121 e. The predicted octanol–water partition coefficient (Wildman–Crippen LogP) is 4.82. The first kappa shape index (κ1) is 12.5. The van der Waals surface area contributed by atoms with Crippen LogP contribution in [-0.4, -0.2) is 10.3 Å². The summed E-state index contributed by atoms with van der Waals surface area (Å²) in [6.45, 7) is 0. The molecule has 0 saturated carbocycles. The zero-order valence-electron chi connectivity index (χ0n) is 10.3. The number of nitrogens with zero attached hydrogens (tertiary/aromatic N) is 1. The molecule has 2 aromatic carbocycles. The van der Waals surface area contributed by atoms with Gasteiger partial charge in [-0.3, -0.25) is 0 Å². The van der Waals surface area contributed by atoms with Crippen molar-refractivity contribution in [1.29, 1.82) is 0 Å². The van der Waals surface area contributed by atoms with Crippen molar-refractivity contribution < 1.29 is 0 Å². The number of aromatic nitrogens is 1. The average molecular weight is 289 g/mol. The number of alkyl halides is 1. The third kappa shape index (κ3) is 2.72. The molecule has 19 heavy (non-hydrogen) atoms.